The first-order chi connectivity index (χ1) is 12.5. The molecule has 2 rings (SSSR count). The summed E-state index contributed by atoms with van der Waals surface area (Å²) >= 11 is 3.31. The van der Waals surface area contributed by atoms with Crippen LogP contribution in [0.15, 0.2) is 46.9 Å². The van der Waals surface area contributed by atoms with Crippen molar-refractivity contribution in [1.82, 2.24) is 0 Å². The number of rotatable bonds is 8. The fourth-order valence-electron chi connectivity index (χ4n) is 2.13. The van der Waals surface area contributed by atoms with Crippen LogP contribution in [0.4, 0.5) is 0 Å². The third-order valence-corrected chi connectivity index (χ3v) is 4.10. The maximum Gasteiger partial charge on any atom is 0.343 e. The summed E-state index contributed by atoms with van der Waals surface area (Å²) in [4.78, 5) is 24.1. The molecular weight excluding hydrogens is 400 g/mol. The topological polar surface area (TPSA) is 61.8 Å². The van der Waals surface area contributed by atoms with E-state index in [9.17, 15) is 9.59 Å². The normalized spacial score (nSPS) is 10.3. The predicted octanol–water partition coefficient (Wildman–Crippen LogP) is 5.02. The van der Waals surface area contributed by atoms with Gasteiger partial charge in [0.1, 0.15) is 11.5 Å². The number of halogens is 1. The molecule has 0 amide bonds. The van der Waals surface area contributed by atoms with Crippen LogP contribution in [0, 0.1) is 0 Å². The number of carbonyl (C=O) groups excluding carboxylic acids is 2. The summed E-state index contributed by atoms with van der Waals surface area (Å²) in [6, 6.07) is 11.5. The standard InChI is InChI=1S/C20H21BrO5/c1-3-5-11-25-16-8-6-7-14(12-16)20(23)26-18-10-9-15(13-17(18)21)19(22)24-4-2/h6-10,12-13H,3-5,11H2,1-2H3. The lowest BCUT2D eigenvalue weighted by atomic mass is 10.2. The molecule has 138 valence electrons. The monoisotopic (exact) mass is 420 g/mol. The van der Waals surface area contributed by atoms with Crippen molar-refractivity contribution >= 4 is 27.9 Å². The fourth-order valence-corrected chi connectivity index (χ4v) is 2.59. The molecule has 6 heteroatoms. The van der Waals surface area contributed by atoms with Gasteiger partial charge < -0.3 is 14.2 Å². The van der Waals surface area contributed by atoms with Gasteiger partial charge in [0.2, 0.25) is 0 Å². The van der Waals surface area contributed by atoms with E-state index >= 15 is 0 Å². The molecule has 0 bridgehead atoms. The van der Waals surface area contributed by atoms with Crippen LogP contribution in [0.1, 0.15) is 47.4 Å². The molecule has 0 aromatic heterocycles. The molecule has 0 heterocycles. The summed E-state index contributed by atoms with van der Waals surface area (Å²) in [5.41, 5.74) is 0.769. The van der Waals surface area contributed by atoms with Crippen molar-refractivity contribution in [3.8, 4) is 11.5 Å². The minimum Gasteiger partial charge on any atom is -0.494 e. The van der Waals surface area contributed by atoms with Crippen molar-refractivity contribution in [2.45, 2.75) is 26.7 Å². The van der Waals surface area contributed by atoms with Crippen LogP contribution in [0.2, 0.25) is 0 Å². The Balaban J connectivity index is 2.07. The van der Waals surface area contributed by atoms with Gasteiger partial charge in [0, 0.05) is 0 Å². The molecule has 0 aliphatic heterocycles. The lowest BCUT2D eigenvalue weighted by Crippen LogP contribution is -2.10. The molecule has 0 aliphatic carbocycles. The molecule has 2 aromatic carbocycles. The molecule has 0 aliphatic rings. The summed E-state index contributed by atoms with van der Waals surface area (Å²) in [5.74, 6) is 0.0171. The van der Waals surface area contributed by atoms with Crippen molar-refractivity contribution in [1.29, 1.82) is 0 Å². The molecule has 0 N–H and O–H groups in total. The maximum atomic E-state index is 12.4. The minimum atomic E-state index is -0.504. The third-order valence-electron chi connectivity index (χ3n) is 3.48. The van der Waals surface area contributed by atoms with Crippen LogP contribution in [0.3, 0.4) is 0 Å². The van der Waals surface area contributed by atoms with Gasteiger partial charge in [-0.2, -0.15) is 0 Å². The molecule has 26 heavy (non-hydrogen) atoms. The molecular formula is C20H21BrO5. The average Bonchev–Trinajstić information content (AvgIpc) is 2.64. The Labute approximate surface area is 161 Å². The van der Waals surface area contributed by atoms with Gasteiger partial charge >= 0.3 is 11.9 Å². The summed E-state index contributed by atoms with van der Waals surface area (Å²) in [6.45, 7) is 4.73. The zero-order valence-corrected chi connectivity index (χ0v) is 16.4. The molecule has 0 atom stereocenters. The fraction of sp³-hybridized carbons (Fsp3) is 0.300. The number of benzene rings is 2. The number of ether oxygens (including phenoxy) is 3. The molecule has 5 nitrogen and oxygen atoms in total. The molecule has 0 saturated heterocycles. The second-order valence-electron chi connectivity index (χ2n) is 5.49. The first kappa shape index (κ1) is 20.0. The average molecular weight is 421 g/mol. The number of unbranched alkanes of at least 4 members (excludes halogenated alkanes) is 1. The maximum absolute atomic E-state index is 12.4. The lowest BCUT2D eigenvalue weighted by molar-refractivity contribution is 0.0526. The van der Waals surface area contributed by atoms with E-state index in [1.165, 1.54) is 0 Å². The van der Waals surface area contributed by atoms with Crippen molar-refractivity contribution < 1.29 is 23.8 Å². The Hall–Kier alpha value is -2.34. The van der Waals surface area contributed by atoms with Crippen LogP contribution in [-0.2, 0) is 4.74 Å². The van der Waals surface area contributed by atoms with E-state index < -0.39 is 11.9 Å². The number of hydrogen-bond donors (Lipinski definition) is 0. The van der Waals surface area contributed by atoms with E-state index in [4.69, 9.17) is 14.2 Å². The minimum absolute atomic E-state index is 0.295. The molecule has 2 aromatic rings. The Morgan fingerprint density at radius 1 is 1.00 bits per heavy atom. The van der Waals surface area contributed by atoms with Gasteiger partial charge in [-0.15, -0.1) is 0 Å². The van der Waals surface area contributed by atoms with Crippen LogP contribution >= 0.6 is 15.9 Å². The Morgan fingerprint density at radius 3 is 2.46 bits per heavy atom. The number of esters is 2. The van der Waals surface area contributed by atoms with Crippen molar-refractivity contribution in [3.63, 3.8) is 0 Å². The van der Waals surface area contributed by atoms with Gasteiger partial charge in [-0.25, -0.2) is 9.59 Å². The molecule has 0 unspecified atom stereocenters. The lowest BCUT2D eigenvalue weighted by Gasteiger charge is -2.10. The van der Waals surface area contributed by atoms with Gasteiger partial charge in [-0.3, -0.25) is 0 Å². The van der Waals surface area contributed by atoms with Gasteiger partial charge in [0.25, 0.3) is 0 Å². The Bertz CT molecular complexity index is 773. The molecule has 0 spiro atoms. The van der Waals surface area contributed by atoms with Gasteiger partial charge in [0.05, 0.1) is 28.8 Å². The summed E-state index contributed by atoms with van der Waals surface area (Å²) in [6.07, 6.45) is 1.99. The molecule has 0 radical (unpaired) electrons. The summed E-state index contributed by atoms with van der Waals surface area (Å²) < 4.78 is 16.5. The number of hydrogen-bond acceptors (Lipinski definition) is 5. The van der Waals surface area contributed by atoms with Crippen LogP contribution < -0.4 is 9.47 Å². The first-order valence-electron chi connectivity index (χ1n) is 8.46. The predicted molar refractivity (Wildman–Crippen MR) is 102 cm³/mol. The SMILES string of the molecule is CCCCOc1cccc(C(=O)Oc2ccc(C(=O)OCC)cc2Br)c1. The highest BCUT2D eigenvalue weighted by atomic mass is 79.9. The first-order valence-corrected chi connectivity index (χ1v) is 9.26. The zero-order valence-electron chi connectivity index (χ0n) is 14.8. The molecule has 0 fully saturated rings. The number of carbonyl (C=O) groups is 2. The van der Waals surface area contributed by atoms with E-state index in [2.05, 4.69) is 22.9 Å². The van der Waals surface area contributed by atoms with E-state index in [1.54, 1.807) is 49.4 Å². The molecule has 0 saturated carbocycles. The smallest absolute Gasteiger partial charge is 0.343 e. The van der Waals surface area contributed by atoms with E-state index in [0.717, 1.165) is 12.8 Å². The summed E-state index contributed by atoms with van der Waals surface area (Å²) in [7, 11) is 0. The quantitative estimate of drug-likeness (QED) is 0.340. The second-order valence-corrected chi connectivity index (χ2v) is 6.34. The van der Waals surface area contributed by atoms with Crippen LogP contribution in [-0.4, -0.2) is 25.2 Å². The van der Waals surface area contributed by atoms with Crippen LogP contribution in [0.25, 0.3) is 0 Å². The van der Waals surface area contributed by atoms with E-state index in [1.807, 2.05) is 0 Å². The van der Waals surface area contributed by atoms with Crippen molar-refractivity contribution in [2.75, 3.05) is 13.2 Å². The zero-order chi connectivity index (χ0) is 18.9. The van der Waals surface area contributed by atoms with E-state index in [0.29, 0.717) is 40.3 Å². The summed E-state index contributed by atoms with van der Waals surface area (Å²) in [5, 5.41) is 0. The van der Waals surface area contributed by atoms with Crippen LogP contribution in [0.5, 0.6) is 11.5 Å². The van der Waals surface area contributed by atoms with Gasteiger partial charge in [0.15, 0.2) is 0 Å². The Morgan fingerprint density at radius 2 is 1.77 bits per heavy atom. The second kappa shape index (κ2) is 9.97. The van der Waals surface area contributed by atoms with Crippen molar-refractivity contribution in [2.24, 2.45) is 0 Å². The largest absolute Gasteiger partial charge is 0.494 e. The highest BCUT2D eigenvalue weighted by molar-refractivity contribution is 9.10. The third kappa shape index (κ3) is 5.59. The highest BCUT2D eigenvalue weighted by Crippen LogP contribution is 2.27. The van der Waals surface area contributed by atoms with Gasteiger partial charge in [-0.05, 0) is 65.7 Å². The van der Waals surface area contributed by atoms with Crippen molar-refractivity contribution in [3.05, 3.63) is 58.1 Å². The van der Waals surface area contributed by atoms with E-state index in [-0.39, 0.29) is 0 Å². The Kier molecular flexibility index (Phi) is 7.66. The van der Waals surface area contributed by atoms with Gasteiger partial charge in [-0.1, -0.05) is 19.4 Å². The highest BCUT2D eigenvalue weighted by Gasteiger charge is 2.14.